The van der Waals surface area contributed by atoms with Crippen molar-refractivity contribution >= 4 is 5.95 Å². The van der Waals surface area contributed by atoms with Crippen LogP contribution >= 0.6 is 0 Å². The van der Waals surface area contributed by atoms with Gasteiger partial charge in [-0.25, -0.2) is 4.98 Å². The number of aromatic nitrogens is 2. The normalized spacial score (nSPS) is 21.5. The van der Waals surface area contributed by atoms with Gasteiger partial charge in [0.15, 0.2) is 0 Å². The van der Waals surface area contributed by atoms with Crippen LogP contribution in [0.15, 0.2) is 6.20 Å². The highest BCUT2D eigenvalue weighted by molar-refractivity contribution is 5.29. The van der Waals surface area contributed by atoms with E-state index in [1.807, 2.05) is 6.92 Å². The fourth-order valence-electron chi connectivity index (χ4n) is 2.26. The van der Waals surface area contributed by atoms with Crippen molar-refractivity contribution in [3.8, 4) is 0 Å². The van der Waals surface area contributed by atoms with Gasteiger partial charge in [0, 0.05) is 25.3 Å². The average Bonchev–Trinajstić information content (AvgIpc) is 2.58. The van der Waals surface area contributed by atoms with E-state index in [1.54, 1.807) is 0 Å². The average molecular weight is 252 g/mol. The van der Waals surface area contributed by atoms with Gasteiger partial charge in [0.05, 0.1) is 24.9 Å². The molecule has 1 aromatic heterocycles. The number of morpholine rings is 1. The van der Waals surface area contributed by atoms with Crippen molar-refractivity contribution in [2.45, 2.75) is 39.5 Å². The standard InChI is InChI=1S/C13H24N4O/c1-10(2)14-13-15-11(3)7-17(13)9-12-8-16(4)5-6-18-12/h7,10,12H,5-6,8-9H2,1-4H3,(H,14,15). The van der Waals surface area contributed by atoms with Crippen LogP contribution in [0.3, 0.4) is 0 Å². The summed E-state index contributed by atoms with van der Waals surface area (Å²) in [6.07, 6.45) is 2.34. The number of hydrogen-bond donors (Lipinski definition) is 1. The largest absolute Gasteiger partial charge is 0.374 e. The van der Waals surface area contributed by atoms with Gasteiger partial charge in [0.2, 0.25) is 5.95 Å². The lowest BCUT2D eigenvalue weighted by molar-refractivity contribution is -0.0272. The Labute approximate surface area is 109 Å². The first-order valence-electron chi connectivity index (χ1n) is 6.65. The summed E-state index contributed by atoms with van der Waals surface area (Å²) in [5, 5.41) is 3.38. The number of imidazole rings is 1. The van der Waals surface area contributed by atoms with Crippen molar-refractivity contribution in [1.82, 2.24) is 14.5 Å². The summed E-state index contributed by atoms with van der Waals surface area (Å²) < 4.78 is 7.97. The second kappa shape index (κ2) is 5.71. The molecule has 2 rings (SSSR count). The van der Waals surface area contributed by atoms with E-state index in [-0.39, 0.29) is 6.10 Å². The van der Waals surface area contributed by atoms with Gasteiger partial charge >= 0.3 is 0 Å². The van der Waals surface area contributed by atoms with Gasteiger partial charge in [0.1, 0.15) is 0 Å². The van der Waals surface area contributed by atoms with Crippen LogP contribution < -0.4 is 5.32 Å². The molecule has 2 heterocycles. The molecule has 1 saturated heterocycles. The smallest absolute Gasteiger partial charge is 0.203 e. The van der Waals surface area contributed by atoms with Crippen LogP contribution in [0.2, 0.25) is 0 Å². The van der Waals surface area contributed by atoms with E-state index in [2.05, 4.69) is 46.9 Å². The van der Waals surface area contributed by atoms with Gasteiger partial charge < -0.3 is 19.5 Å². The number of nitrogens with zero attached hydrogens (tertiary/aromatic N) is 3. The lowest BCUT2D eigenvalue weighted by Crippen LogP contribution is -2.42. The summed E-state index contributed by atoms with van der Waals surface area (Å²) >= 11 is 0. The molecule has 1 fully saturated rings. The third kappa shape index (κ3) is 3.46. The first-order chi connectivity index (χ1) is 8.54. The molecule has 0 saturated carbocycles. The Hall–Kier alpha value is -1.07. The molecule has 0 radical (unpaired) electrons. The van der Waals surface area contributed by atoms with Crippen LogP contribution in [0.1, 0.15) is 19.5 Å². The molecule has 1 aliphatic heterocycles. The van der Waals surface area contributed by atoms with E-state index in [0.717, 1.165) is 37.9 Å². The molecular weight excluding hydrogens is 228 g/mol. The zero-order valence-electron chi connectivity index (χ0n) is 11.8. The number of ether oxygens (including phenoxy) is 1. The van der Waals surface area contributed by atoms with Crippen molar-refractivity contribution in [2.75, 3.05) is 32.1 Å². The molecular formula is C13H24N4O. The maximum Gasteiger partial charge on any atom is 0.203 e. The molecule has 0 aromatic carbocycles. The van der Waals surface area contributed by atoms with Gasteiger partial charge in [-0.3, -0.25) is 0 Å². The number of likely N-dealkylation sites (N-methyl/N-ethyl adjacent to an activating group) is 1. The van der Waals surface area contributed by atoms with Crippen LogP contribution in [0.4, 0.5) is 5.95 Å². The third-order valence-corrected chi connectivity index (χ3v) is 3.06. The molecule has 0 spiro atoms. The van der Waals surface area contributed by atoms with Gasteiger partial charge in [0.25, 0.3) is 0 Å². The molecule has 1 aliphatic rings. The predicted molar refractivity (Wildman–Crippen MR) is 73.0 cm³/mol. The quantitative estimate of drug-likeness (QED) is 0.878. The van der Waals surface area contributed by atoms with Crippen LogP contribution in [0, 0.1) is 6.92 Å². The van der Waals surface area contributed by atoms with E-state index in [1.165, 1.54) is 0 Å². The number of anilines is 1. The minimum atomic E-state index is 0.255. The summed E-state index contributed by atoms with van der Waals surface area (Å²) in [4.78, 5) is 6.83. The minimum Gasteiger partial charge on any atom is -0.374 e. The molecule has 0 aliphatic carbocycles. The molecule has 18 heavy (non-hydrogen) atoms. The summed E-state index contributed by atoms with van der Waals surface area (Å²) in [5.41, 5.74) is 1.04. The molecule has 1 unspecified atom stereocenters. The summed E-state index contributed by atoms with van der Waals surface area (Å²) in [6.45, 7) is 9.96. The lowest BCUT2D eigenvalue weighted by atomic mass is 10.3. The van der Waals surface area contributed by atoms with E-state index < -0.39 is 0 Å². The van der Waals surface area contributed by atoms with Crippen LogP contribution in [-0.2, 0) is 11.3 Å². The number of hydrogen-bond acceptors (Lipinski definition) is 4. The van der Waals surface area contributed by atoms with Crippen molar-refractivity contribution < 1.29 is 4.74 Å². The fraction of sp³-hybridized carbons (Fsp3) is 0.769. The maximum atomic E-state index is 5.80. The van der Waals surface area contributed by atoms with Crippen molar-refractivity contribution in [3.63, 3.8) is 0 Å². The zero-order valence-corrected chi connectivity index (χ0v) is 11.8. The third-order valence-electron chi connectivity index (χ3n) is 3.06. The van der Waals surface area contributed by atoms with Crippen molar-refractivity contribution in [2.24, 2.45) is 0 Å². The van der Waals surface area contributed by atoms with Gasteiger partial charge in [-0.1, -0.05) is 0 Å². The summed E-state index contributed by atoms with van der Waals surface area (Å²) in [5.74, 6) is 0.944. The summed E-state index contributed by atoms with van der Waals surface area (Å²) in [7, 11) is 2.14. The monoisotopic (exact) mass is 252 g/mol. The Morgan fingerprint density at radius 1 is 1.56 bits per heavy atom. The van der Waals surface area contributed by atoms with E-state index >= 15 is 0 Å². The van der Waals surface area contributed by atoms with Crippen LogP contribution in [0.5, 0.6) is 0 Å². The Bertz CT molecular complexity index is 388. The molecule has 1 N–H and O–H groups in total. The maximum absolute atomic E-state index is 5.80. The van der Waals surface area contributed by atoms with Crippen molar-refractivity contribution in [3.05, 3.63) is 11.9 Å². The van der Waals surface area contributed by atoms with Crippen LogP contribution in [-0.4, -0.2) is 53.3 Å². The predicted octanol–water partition coefficient (Wildman–Crippen LogP) is 1.34. The second-order valence-electron chi connectivity index (χ2n) is 5.41. The van der Waals surface area contributed by atoms with E-state index in [4.69, 9.17) is 4.74 Å². The second-order valence-corrected chi connectivity index (χ2v) is 5.41. The molecule has 0 amide bonds. The highest BCUT2D eigenvalue weighted by atomic mass is 16.5. The van der Waals surface area contributed by atoms with Gasteiger partial charge in [-0.15, -0.1) is 0 Å². The first-order valence-corrected chi connectivity index (χ1v) is 6.65. The SMILES string of the molecule is Cc1cn(CC2CN(C)CCO2)c(NC(C)C)n1. The van der Waals surface area contributed by atoms with Crippen LogP contribution in [0.25, 0.3) is 0 Å². The Morgan fingerprint density at radius 3 is 3.00 bits per heavy atom. The molecule has 1 aromatic rings. The Kier molecular flexibility index (Phi) is 4.24. The number of aryl methyl sites for hydroxylation is 1. The van der Waals surface area contributed by atoms with E-state index in [9.17, 15) is 0 Å². The molecule has 1 atom stereocenters. The summed E-state index contributed by atoms with van der Waals surface area (Å²) in [6, 6.07) is 0.389. The Balaban J connectivity index is 2.03. The van der Waals surface area contributed by atoms with Gasteiger partial charge in [-0.2, -0.15) is 0 Å². The number of nitrogens with one attached hydrogen (secondary N) is 1. The molecule has 5 nitrogen and oxygen atoms in total. The topological polar surface area (TPSA) is 42.3 Å². The molecule has 102 valence electrons. The highest BCUT2D eigenvalue weighted by Crippen LogP contribution is 2.13. The fourth-order valence-corrected chi connectivity index (χ4v) is 2.26. The lowest BCUT2D eigenvalue weighted by Gasteiger charge is -2.30. The zero-order chi connectivity index (χ0) is 13.1. The van der Waals surface area contributed by atoms with E-state index in [0.29, 0.717) is 6.04 Å². The first kappa shape index (κ1) is 13.4. The van der Waals surface area contributed by atoms with Gasteiger partial charge in [-0.05, 0) is 27.8 Å². The van der Waals surface area contributed by atoms with Crippen molar-refractivity contribution in [1.29, 1.82) is 0 Å². The molecule has 5 heteroatoms. The minimum absolute atomic E-state index is 0.255. The Morgan fingerprint density at radius 2 is 2.33 bits per heavy atom. The highest BCUT2D eigenvalue weighted by Gasteiger charge is 2.19. The molecule has 0 bridgehead atoms. The number of rotatable bonds is 4.